The molecule has 2 aromatic carbocycles. The molecule has 0 spiro atoms. The molecule has 144 valence electrons. The number of carbonyl (C=O) groups excluding carboxylic acids is 2. The molecule has 0 atom stereocenters. The number of benzene rings is 2. The molecule has 6 nitrogen and oxygen atoms in total. The van der Waals surface area contributed by atoms with Crippen LogP contribution in [0.3, 0.4) is 0 Å². The molecule has 0 aliphatic carbocycles. The maximum absolute atomic E-state index is 13.1. The molecule has 1 aromatic heterocycles. The number of aromatic nitrogens is 1. The van der Waals surface area contributed by atoms with Crippen LogP contribution in [0.1, 0.15) is 11.3 Å². The van der Waals surface area contributed by atoms with E-state index in [0.29, 0.717) is 27.7 Å². The number of hydrogen-bond acceptors (Lipinski definition) is 5. The van der Waals surface area contributed by atoms with E-state index in [1.54, 1.807) is 31.2 Å². The Morgan fingerprint density at radius 2 is 1.79 bits per heavy atom. The van der Waals surface area contributed by atoms with Crippen molar-refractivity contribution >= 4 is 52.5 Å². The number of thiocarbonyl (C=S) groups is 1. The molecule has 1 N–H and O–H groups in total. The summed E-state index contributed by atoms with van der Waals surface area (Å²) in [7, 11) is 0. The number of aryl methyl sites for hydroxylation is 1. The van der Waals surface area contributed by atoms with Crippen LogP contribution in [0.25, 0.3) is 17.3 Å². The average Bonchev–Trinajstić information content (AvgIpc) is 3.07. The Labute approximate surface area is 176 Å². The van der Waals surface area contributed by atoms with Crippen LogP contribution in [0.5, 0.6) is 0 Å². The van der Waals surface area contributed by atoms with Crippen molar-refractivity contribution in [1.82, 2.24) is 10.5 Å². The first kappa shape index (κ1) is 19.0. The lowest BCUT2D eigenvalue weighted by molar-refractivity contribution is -0.122. The molecule has 1 saturated heterocycles. The number of halogens is 1. The highest BCUT2D eigenvalue weighted by Gasteiger charge is 2.35. The molecule has 0 unspecified atom stereocenters. The molecule has 0 saturated carbocycles. The van der Waals surface area contributed by atoms with Gasteiger partial charge < -0.3 is 4.52 Å². The van der Waals surface area contributed by atoms with Crippen molar-refractivity contribution in [3.63, 3.8) is 0 Å². The topological polar surface area (TPSA) is 75.4 Å². The Hall–Kier alpha value is -3.29. The molecule has 1 aliphatic heterocycles. The predicted molar refractivity (Wildman–Crippen MR) is 114 cm³/mol. The third-order valence-corrected chi connectivity index (χ3v) is 4.97. The molecule has 2 heterocycles. The van der Waals surface area contributed by atoms with E-state index in [1.165, 1.54) is 11.0 Å². The SMILES string of the molecule is Cc1onc(-c2ccccc2)c1C=C1C(=O)NC(=S)N(c2ccc(Cl)cc2)C1=O. The van der Waals surface area contributed by atoms with E-state index in [1.807, 2.05) is 30.3 Å². The van der Waals surface area contributed by atoms with Crippen molar-refractivity contribution in [3.8, 4) is 11.3 Å². The first-order chi connectivity index (χ1) is 14.0. The van der Waals surface area contributed by atoms with Crippen LogP contribution in [0.2, 0.25) is 5.02 Å². The van der Waals surface area contributed by atoms with Gasteiger partial charge >= 0.3 is 0 Å². The van der Waals surface area contributed by atoms with Crippen molar-refractivity contribution in [1.29, 1.82) is 0 Å². The van der Waals surface area contributed by atoms with Gasteiger partial charge in [0.25, 0.3) is 11.8 Å². The number of anilines is 1. The van der Waals surface area contributed by atoms with Gasteiger partial charge in [0.1, 0.15) is 17.0 Å². The van der Waals surface area contributed by atoms with Crippen molar-refractivity contribution < 1.29 is 14.1 Å². The van der Waals surface area contributed by atoms with Crippen molar-refractivity contribution in [3.05, 3.63) is 76.5 Å². The largest absolute Gasteiger partial charge is 0.360 e. The van der Waals surface area contributed by atoms with Crippen LogP contribution in [-0.4, -0.2) is 22.1 Å². The van der Waals surface area contributed by atoms with E-state index in [2.05, 4.69) is 10.5 Å². The van der Waals surface area contributed by atoms with Crippen LogP contribution < -0.4 is 10.2 Å². The third-order valence-electron chi connectivity index (χ3n) is 4.43. The molecule has 0 bridgehead atoms. The smallest absolute Gasteiger partial charge is 0.270 e. The maximum atomic E-state index is 13.1. The monoisotopic (exact) mass is 423 g/mol. The molecule has 1 fully saturated rings. The molecule has 3 aromatic rings. The number of hydrogen-bond donors (Lipinski definition) is 1. The van der Waals surface area contributed by atoms with Crippen LogP contribution in [0, 0.1) is 6.92 Å². The summed E-state index contributed by atoms with van der Waals surface area (Å²) >= 11 is 11.1. The Morgan fingerprint density at radius 3 is 2.48 bits per heavy atom. The lowest BCUT2D eigenvalue weighted by Gasteiger charge is -2.28. The van der Waals surface area contributed by atoms with E-state index in [9.17, 15) is 9.59 Å². The Kier molecular flexibility index (Phi) is 5.00. The molecule has 0 radical (unpaired) electrons. The Balaban J connectivity index is 1.78. The van der Waals surface area contributed by atoms with Crippen LogP contribution in [0.15, 0.2) is 64.7 Å². The van der Waals surface area contributed by atoms with Gasteiger partial charge in [0.05, 0.1) is 5.69 Å². The molecular formula is C21H14ClN3O3S. The molecule has 4 rings (SSSR count). The summed E-state index contributed by atoms with van der Waals surface area (Å²) in [6.07, 6.45) is 1.48. The fourth-order valence-corrected chi connectivity index (χ4v) is 3.39. The minimum absolute atomic E-state index is 0.00444. The lowest BCUT2D eigenvalue weighted by atomic mass is 10.0. The predicted octanol–water partition coefficient (Wildman–Crippen LogP) is 4.13. The number of rotatable bonds is 3. The minimum Gasteiger partial charge on any atom is -0.360 e. The van der Waals surface area contributed by atoms with Gasteiger partial charge in [0, 0.05) is 16.1 Å². The van der Waals surface area contributed by atoms with Gasteiger partial charge in [0.2, 0.25) is 0 Å². The zero-order valence-electron chi connectivity index (χ0n) is 15.2. The molecule has 2 amide bonds. The van der Waals surface area contributed by atoms with Crippen LogP contribution in [0.4, 0.5) is 5.69 Å². The lowest BCUT2D eigenvalue weighted by Crippen LogP contribution is -2.54. The normalized spacial score (nSPS) is 15.7. The van der Waals surface area contributed by atoms with Crippen LogP contribution in [-0.2, 0) is 9.59 Å². The highest BCUT2D eigenvalue weighted by molar-refractivity contribution is 7.80. The zero-order chi connectivity index (χ0) is 20.5. The summed E-state index contributed by atoms with van der Waals surface area (Å²) in [6, 6.07) is 16.0. The van der Waals surface area contributed by atoms with Gasteiger partial charge in [-0.1, -0.05) is 47.1 Å². The number of amides is 2. The Morgan fingerprint density at radius 1 is 1.10 bits per heavy atom. The third kappa shape index (κ3) is 3.57. The number of nitrogens with one attached hydrogen (secondary N) is 1. The Bertz CT molecular complexity index is 1150. The van der Waals surface area contributed by atoms with Crippen molar-refractivity contribution in [2.24, 2.45) is 0 Å². The summed E-state index contributed by atoms with van der Waals surface area (Å²) in [5.41, 5.74) is 2.34. The van der Waals surface area contributed by atoms with E-state index < -0.39 is 11.8 Å². The first-order valence-corrected chi connectivity index (χ1v) is 9.43. The standard InChI is InChI=1S/C21H14ClN3O3S/c1-12-16(18(24-28-12)13-5-3-2-4-6-13)11-17-19(26)23-21(29)25(20(17)27)15-9-7-14(22)8-10-15/h2-11H,1H3,(H,23,26,29). The highest BCUT2D eigenvalue weighted by Crippen LogP contribution is 2.29. The second-order valence-corrected chi connectivity index (χ2v) is 7.12. The van der Waals surface area contributed by atoms with E-state index in [4.69, 9.17) is 28.3 Å². The minimum atomic E-state index is -0.579. The second kappa shape index (κ2) is 7.62. The number of nitrogens with zero attached hydrogens (tertiary/aromatic N) is 2. The van der Waals surface area contributed by atoms with Gasteiger partial charge in [-0.25, -0.2) is 0 Å². The zero-order valence-corrected chi connectivity index (χ0v) is 16.8. The highest BCUT2D eigenvalue weighted by atomic mass is 35.5. The van der Waals surface area contributed by atoms with Gasteiger partial charge in [0.15, 0.2) is 5.11 Å². The molecule has 1 aliphatic rings. The van der Waals surface area contributed by atoms with E-state index in [0.717, 1.165) is 5.56 Å². The summed E-state index contributed by atoms with van der Waals surface area (Å²) in [5.74, 6) is -0.631. The van der Waals surface area contributed by atoms with Gasteiger partial charge in [-0.15, -0.1) is 0 Å². The maximum Gasteiger partial charge on any atom is 0.270 e. The fourth-order valence-electron chi connectivity index (χ4n) is 2.98. The second-order valence-electron chi connectivity index (χ2n) is 6.30. The molecular weight excluding hydrogens is 410 g/mol. The van der Waals surface area contributed by atoms with Crippen molar-refractivity contribution in [2.45, 2.75) is 6.92 Å². The van der Waals surface area contributed by atoms with Gasteiger partial charge in [-0.3, -0.25) is 19.8 Å². The number of carbonyl (C=O) groups is 2. The summed E-state index contributed by atoms with van der Waals surface area (Å²) in [4.78, 5) is 26.9. The average molecular weight is 424 g/mol. The fraction of sp³-hybridized carbons (Fsp3) is 0.0476. The molecule has 8 heteroatoms. The summed E-state index contributed by atoms with van der Waals surface area (Å²) in [6.45, 7) is 1.72. The van der Waals surface area contributed by atoms with E-state index in [-0.39, 0.29) is 10.7 Å². The van der Waals surface area contributed by atoms with E-state index >= 15 is 0 Å². The quantitative estimate of drug-likeness (QED) is 0.389. The first-order valence-electron chi connectivity index (χ1n) is 8.64. The van der Waals surface area contributed by atoms with Gasteiger partial charge in [-0.05, 0) is 49.5 Å². The molecule has 29 heavy (non-hydrogen) atoms. The van der Waals surface area contributed by atoms with Crippen LogP contribution >= 0.6 is 23.8 Å². The van der Waals surface area contributed by atoms with Crippen molar-refractivity contribution in [2.75, 3.05) is 4.90 Å². The summed E-state index contributed by atoms with van der Waals surface area (Å²) < 4.78 is 5.32. The summed E-state index contributed by atoms with van der Waals surface area (Å²) in [5, 5.41) is 7.18. The van der Waals surface area contributed by atoms with Gasteiger partial charge in [-0.2, -0.15) is 0 Å².